The fourth-order valence-corrected chi connectivity index (χ4v) is 3.68. The van der Waals surface area contributed by atoms with E-state index in [0.29, 0.717) is 0 Å². The lowest BCUT2D eigenvalue weighted by Gasteiger charge is -2.49. The zero-order valence-electron chi connectivity index (χ0n) is 17.0. The standard InChI is InChI=1S/C17H29NO14/c1-5(21)18-9-6(22)2-17(16(28)29,32-14(9)10(24)7(23)3-19)31-13-8(4-20)30-15(27)12(26)11(13)25/h6-15,19-20,22-27H,2-4H2,1H3,(H,18,21)(H,28,29)/t6-,7+,8+,9+,10+,11+,12+,13-,14+,15?,17+/m0/s1. The van der Waals surface area contributed by atoms with Crippen LogP contribution in [0.15, 0.2) is 0 Å². The van der Waals surface area contributed by atoms with Crippen molar-refractivity contribution in [3.05, 3.63) is 0 Å². The lowest BCUT2D eigenvalue weighted by molar-refractivity contribution is -0.365. The number of carbonyl (C=O) groups excluding carboxylic acids is 1. The van der Waals surface area contributed by atoms with Gasteiger partial charge in [0.15, 0.2) is 6.29 Å². The number of carbonyl (C=O) groups is 2. The Kier molecular flexibility index (Phi) is 8.88. The number of amides is 1. The molecule has 11 atom stereocenters. The highest BCUT2D eigenvalue weighted by Crippen LogP contribution is 2.37. The van der Waals surface area contributed by atoms with Gasteiger partial charge in [0.2, 0.25) is 5.91 Å². The largest absolute Gasteiger partial charge is 0.477 e. The summed E-state index contributed by atoms with van der Waals surface area (Å²) < 4.78 is 15.7. The first-order valence-electron chi connectivity index (χ1n) is 9.70. The SMILES string of the molecule is CC(=O)N[C@H]1[C@H]([C@H](O)[C@H](O)CO)O[C@@](O[C@@H]2[C@H](O)[C@@H](O)C(O)O[C@@H]2CO)(C(=O)O)C[C@@H]1O. The van der Waals surface area contributed by atoms with Gasteiger partial charge >= 0.3 is 5.97 Å². The maximum atomic E-state index is 12.1. The predicted molar refractivity (Wildman–Crippen MR) is 97.4 cm³/mol. The molecule has 0 aromatic heterocycles. The summed E-state index contributed by atoms with van der Waals surface area (Å²) >= 11 is 0. The predicted octanol–water partition coefficient (Wildman–Crippen LogP) is -6.05. The van der Waals surface area contributed by atoms with Crippen molar-refractivity contribution < 1.29 is 69.8 Å². The van der Waals surface area contributed by atoms with Crippen molar-refractivity contribution in [3.8, 4) is 0 Å². The van der Waals surface area contributed by atoms with Crippen molar-refractivity contribution in [1.29, 1.82) is 0 Å². The summed E-state index contributed by atoms with van der Waals surface area (Å²) in [6.07, 6.45) is -17.5. The van der Waals surface area contributed by atoms with Crippen molar-refractivity contribution >= 4 is 11.9 Å². The monoisotopic (exact) mass is 471 g/mol. The van der Waals surface area contributed by atoms with E-state index in [4.69, 9.17) is 19.3 Å². The van der Waals surface area contributed by atoms with Gasteiger partial charge in [-0.25, -0.2) is 4.79 Å². The molecule has 0 aromatic carbocycles. The van der Waals surface area contributed by atoms with Gasteiger partial charge in [-0.15, -0.1) is 0 Å². The molecule has 15 heteroatoms. The number of hydrogen-bond donors (Lipinski definition) is 10. The molecule has 2 aliphatic rings. The molecule has 2 saturated heterocycles. The molecule has 1 amide bonds. The summed E-state index contributed by atoms with van der Waals surface area (Å²) in [4.78, 5) is 23.7. The third-order valence-corrected chi connectivity index (χ3v) is 5.35. The van der Waals surface area contributed by atoms with Gasteiger partial charge in [-0.1, -0.05) is 0 Å². The van der Waals surface area contributed by atoms with Gasteiger partial charge in [0.05, 0.1) is 25.4 Å². The zero-order valence-corrected chi connectivity index (χ0v) is 17.0. The molecule has 0 saturated carbocycles. The van der Waals surface area contributed by atoms with Crippen LogP contribution in [-0.4, -0.2) is 138 Å². The highest BCUT2D eigenvalue weighted by atomic mass is 16.7. The second-order valence-corrected chi connectivity index (χ2v) is 7.69. The summed E-state index contributed by atoms with van der Waals surface area (Å²) in [5.41, 5.74) is 0. The Morgan fingerprint density at radius 1 is 1.16 bits per heavy atom. The molecule has 0 aromatic rings. The molecule has 2 fully saturated rings. The van der Waals surface area contributed by atoms with E-state index in [0.717, 1.165) is 6.92 Å². The molecule has 2 rings (SSSR count). The third-order valence-electron chi connectivity index (χ3n) is 5.35. The Morgan fingerprint density at radius 2 is 1.78 bits per heavy atom. The molecule has 1 unspecified atom stereocenters. The van der Waals surface area contributed by atoms with Crippen molar-refractivity contribution in [2.24, 2.45) is 0 Å². The average Bonchev–Trinajstić information content (AvgIpc) is 2.74. The van der Waals surface area contributed by atoms with E-state index in [1.807, 2.05) is 0 Å². The van der Waals surface area contributed by atoms with E-state index >= 15 is 0 Å². The third kappa shape index (κ3) is 5.35. The van der Waals surface area contributed by atoms with Crippen LogP contribution < -0.4 is 5.32 Å². The van der Waals surface area contributed by atoms with E-state index in [1.54, 1.807) is 0 Å². The minimum atomic E-state index is -2.83. The molecule has 32 heavy (non-hydrogen) atoms. The summed E-state index contributed by atoms with van der Waals surface area (Å²) in [5.74, 6) is -5.39. The number of carboxylic acid groups (broad SMARTS) is 1. The van der Waals surface area contributed by atoms with Gasteiger partial charge in [-0.3, -0.25) is 4.79 Å². The van der Waals surface area contributed by atoms with Crippen LogP contribution in [-0.2, 0) is 23.8 Å². The van der Waals surface area contributed by atoms with E-state index in [9.17, 15) is 50.4 Å². The van der Waals surface area contributed by atoms with Crippen LogP contribution in [0.4, 0.5) is 0 Å². The highest BCUT2D eigenvalue weighted by Gasteiger charge is 2.59. The van der Waals surface area contributed by atoms with Crippen LogP contribution in [0.5, 0.6) is 0 Å². The first kappa shape index (κ1) is 26.7. The fraction of sp³-hybridized carbons (Fsp3) is 0.882. The number of aliphatic carboxylic acids is 1. The summed E-state index contributed by atoms with van der Waals surface area (Å²) in [6.45, 7) is -0.785. The summed E-state index contributed by atoms with van der Waals surface area (Å²) in [5, 5.41) is 91.1. The number of aliphatic hydroxyl groups is 8. The number of hydrogen-bond acceptors (Lipinski definition) is 13. The van der Waals surface area contributed by atoms with Gasteiger partial charge in [0.25, 0.3) is 5.79 Å². The van der Waals surface area contributed by atoms with Gasteiger partial charge < -0.3 is 65.5 Å². The quantitative estimate of drug-likeness (QED) is 0.158. The van der Waals surface area contributed by atoms with Crippen molar-refractivity contribution in [2.45, 2.75) is 80.3 Å². The van der Waals surface area contributed by atoms with E-state index in [2.05, 4.69) is 5.32 Å². The molecule has 10 N–H and O–H groups in total. The minimum absolute atomic E-state index is 0.689. The summed E-state index contributed by atoms with van der Waals surface area (Å²) in [6, 6.07) is -1.44. The van der Waals surface area contributed by atoms with Crippen LogP contribution >= 0.6 is 0 Å². The Morgan fingerprint density at radius 3 is 2.28 bits per heavy atom. The Bertz CT molecular complexity index is 663. The Hall–Kier alpha value is -1.50. The lowest BCUT2D eigenvalue weighted by atomic mass is 9.88. The second kappa shape index (κ2) is 10.6. The molecule has 2 aliphatic heterocycles. The molecule has 15 nitrogen and oxygen atoms in total. The molecule has 0 spiro atoms. The number of nitrogens with one attached hydrogen (secondary N) is 1. The second-order valence-electron chi connectivity index (χ2n) is 7.69. The molecular formula is C17H29NO14. The first-order chi connectivity index (χ1) is 14.9. The normalized spacial score (nSPS) is 42.2. The van der Waals surface area contributed by atoms with Crippen LogP contribution in [0.25, 0.3) is 0 Å². The smallest absolute Gasteiger partial charge is 0.364 e. The number of ether oxygens (including phenoxy) is 3. The lowest BCUT2D eigenvalue weighted by Crippen LogP contribution is -2.70. The molecule has 186 valence electrons. The molecule has 0 radical (unpaired) electrons. The molecule has 2 heterocycles. The Labute approximate surface area is 181 Å². The maximum absolute atomic E-state index is 12.1. The van der Waals surface area contributed by atoms with Crippen LogP contribution in [0.1, 0.15) is 13.3 Å². The Balaban J connectivity index is 2.42. The van der Waals surface area contributed by atoms with E-state index in [-0.39, 0.29) is 0 Å². The van der Waals surface area contributed by atoms with Crippen LogP contribution in [0, 0.1) is 0 Å². The fourth-order valence-electron chi connectivity index (χ4n) is 3.68. The van der Waals surface area contributed by atoms with Gasteiger partial charge in [-0.05, 0) is 0 Å². The van der Waals surface area contributed by atoms with Gasteiger partial charge in [0.1, 0.15) is 42.7 Å². The number of carboxylic acids is 1. The average molecular weight is 471 g/mol. The minimum Gasteiger partial charge on any atom is -0.477 e. The van der Waals surface area contributed by atoms with Gasteiger partial charge in [-0.2, -0.15) is 0 Å². The van der Waals surface area contributed by atoms with Crippen molar-refractivity contribution in [3.63, 3.8) is 0 Å². The maximum Gasteiger partial charge on any atom is 0.364 e. The number of aliphatic hydroxyl groups excluding tert-OH is 8. The molecule has 0 aliphatic carbocycles. The van der Waals surface area contributed by atoms with Crippen LogP contribution in [0.2, 0.25) is 0 Å². The van der Waals surface area contributed by atoms with Crippen molar-refractivity contribution in [1.82, 2.24) is 5.32 Å². The highest BCUT2D eigenvalue weighted by molar-refractivity contribution is 5.76. The number of rotatable bonds is 8. The topological polar surface area (TPSA) is 256 Å². The first-order valence-corrected chi connectivity index (χ1v) is 9.70. The molecular weight excluding hydrogens is 442 g/mol. The van der Waals surface area contributed by atoms with Gasteiger partial charge in [0, 0.05) is 13.3 Å². The summed E-state index contributed by atoms with van der Waals surface area (Å²) in [7, 11) is 0. The van der Waals surface area contributed by atoms with E-state index < -0.39 is 98.5 Å². The molecule has 0 bridgehead atoms. The zero-order chi connectivity index (χ0) is 24.4. The van der Waals surface area contributed by atoms with E-state index in [1.165, 1.54) is 0 Å². The van der Waals surface area contributed by atoms with Crippen LogP contribution in [0.3, 0.4) is 0 Å². The van der Waals surface area contributed by atoms with Crippen molar-refractivity contribution in [2.75, 3.05) is 13.2 Å².